The van der Waals surface area contributed by atoms with E-state index < -0.39 is 0 Å². The molecule has 0 N–H and O–H groups in total. The minimum absolute atomic E-state index is 0.259. The van der Waals surface area contributed by atoms with E-state index in [2.05, 4.69) is 55.9 Å². The van der Waals surface area contributed by atoms with Crippen LogP contribution in [0.2, 0.25) is 0 Å². The Bertz CT molecular complexity index is 938. The number of halogens is 3. The number of ether oxygens (including phenoxy) is 1. The summed E-state index contributed by atoms with van der Waals surface area (Å²) in [6.45, 7) is 2.47. The minimum Gasteiger partial charge on any atom is -0.487 e. The van der Waals surface area contributed by atoms with Crippen LogP contribution >= 0.6 is 31.9 Å². The second kappa shape index (κ2) is 9.29. The van der Waals surface area contributed by atoms with Crippen LogP contribution in [-0.2, 0) is 13.0 Å². The lowest BCUT2D eigenvalue weighted by Crippen LogP contribution is -2.00. The Morgan fingerprint density at radius 2 is 1.63 bits per heavy atom. The first-order chi connectivity index (χ1) is 13.0. The van der Waals surface area contributed by atoms with Crippen LogP contribution in [0.25, 0.3) is 0 Å². The Morgan fingerprint density at radius 3 is 2.30 bits per heavy atom. The maximum absolute atomic E-state index is 13.1. The van der Waals surface area contributed by atoms with Crippen LogP contribution in [0.3, 0.4) is 0 Å². The highest BCUT2D eigenvalue weighted by molar-refractivity contribution is 9.11. The molecule has 0 radical (unpaired) electrons. The highest BCUT2D eigenvalue weighted by Gasteiger charge is 2.10. The van der Waals surface area contributed by atoms with Gasteiger partial charge in [-0.1, -0.05) is 47.1 Å². The molecular weight excluding hydrogens is 473 g/mol. The second-order valence-corrected chi connectivity index (χ2v) is 7.77. The van der Waals surface area contributed by atoms with Crippen LogP contribution in [0.5, 0.6) is 5.75 Å². The van der Waals surface area contributed by atoms with Crippen LogP contribution in [0, 0.1) is 5.82 Å². The molecule has 0 aromatic heterocycles. The lowest BCUT2D eigenvalue weighted by Gasteiger charge is -2.12. The summed E-state index contributed by atoms with van der Waals surface area (Å²) in [5.41, 5.74) is 3.90. The summed E-state index contributed by atoms with van der Waals surface area (Å²) in [6.07, 6.45) is 2.79. The zero-order chi connectivity index (χ0) is 19.2. The first-order valence-electron chi connectivity index (χ1n) is 8.54. The number of aliphatic imine (C=N–C) groups is 1. The van der Waals surface area contributed by atoms with E-state index in [0.717, 1.165) is 32.2 Å². The molecule has 0 bridgehead atoms. The molecule has 27 heavy (non-hydrogen) atoms. The first-order valence-corrected chi connectivity index (χ1v) is 10.1. The van der Waals surface area contributed by atoms with Crippen LogP contribution in [-0.4, -0.2) is 6.21 Å². The number of rotatable bonds is 6. The third-order valence-corrected chi connectivity index (χ3v) is 5.08. The lowest BCUT2D eigenvalue weighted by atomic mass is 10.1. The molecule has 2 nitrogen and oxygen atoms in total. The van der Waals surface area contributed by atoms with Gasteiger partial charge in [0.1, 0.15) is 18.2 Å². The Balaban J connectivity index is 1.82. The SMILES string of the molecule is CCc1ccc(N=Cc2cc(Br)cc(Br)c2OCc2ccc(F)cc2)cc1. The van der Waals surface area contributed by atoms with Crippen molar-refractivity contribution < 1.29 is 9.13 Å². The molecule has 0 unspecified atom stereocenters. The van der Waals surface area contributed by atoms with Gasteiger partial charge in [0.25, 0.3) is 0 Å². The summed E-state index contributed by atoms with van der Waals surface area (Å²) < 4.78 is 20.8. The summed E-state index contributed by atoms with van der Waals surface area (Å²) in [7, 11) is 0. The van der Waals surface area contributed by atoms with Gasteiger partial charge in [0.15, 0.2) is 0 Å². The number of nitrogens with zero attached hydrogens (tertiary/aromatic N) is 1. The van der Waals surface area contributed by atoms with Gasteiger partial charge in [-0.2, -0.15) is 0 Å². The topological polar surface area (TPSA) is 21.6 Å². The monoisotopic (exact) mass is 489 g/mol. The molecule has 3 aromatic carbocycles. The normalized spacial score (nSPS) is 11.1. The smallest absolute Gasteiger partial charge is 0.142 e. The predicted molar refractivity (Wildman–Crippen MR) is 116 cm³/mol. The van der Waals surface area contributed by atoms with E-state index in [0.29, 0.717) is 12.4 Å². The van der Waals surface area contributed by atoms with Gasteiger partial charge in [-0.25, -0.2) is 4.39 Å². The summed E-state index contributed by atoms with van der Waals surface area (Å²) in [6, 6.07) is 18.3. The van der Waals surface area contributed by atoms with Crippen molar-refractivity contribution in [2.75, 3.05) is 0 Å². The van der Waals surface area contributed by atoms with Crippen molar-refractivity contribution in [3.8, 4) is 5.75 Å². The van der Waals surface area contributed by atoms with Gasteiger partial charge in [0.05, 0.1) is 10.2 Å². The molecule has 0 atom stereocenters. The summed E-state index contributed by atoms with van der Waals surface area (Å²) >= 11 is 7.06. The zero-order valence-electron chi connectivity index (χ0n) is 14.8. The maximum atomic E-state index is 13.1. The van der Waals surface area contributed by atoms with Gasteiger partial charge in [-0.15, -0.1) is 0 Å². The second-order valence-electron chi connectivity index (χ2n) is 6.00. The number of aryl methyl sites for hydroxylation is 1. The maximum Gasteiger partial charge on any atom is 0.142 e. The Hall–Kier alpha value is -1.98. The molecule has 0 fully saturated rings. The molecule has 0 aliphatic rings. The average Bonchev–Trinajstić information content (AvgIpc) is 2.67. The molecule has 0 amide bonds. The van der Waals surface area contributed by atoms with E-state index in [-0.39, 0.29) is 5.82 Å². The van der Waals surface area contributed by atoms with Gasteiger partial charge in [-0.05, 0) is 69.9 Å². The standard InChI is InChI=1S/C22H18Br2FNO/c1-2-15-5-9-20(10-6-15)26-13-17-11-18(23)12-21(24)22(17)27-14-16-3-7-19(25)8-4-16/h3-13H,2,14H2,1H3. The van der Waals surface area contributed by atoms with E-state index in [1.54, 1.807) is 18.3 Å². The first kappa shape index (κ1) is 19.8. The predicted octanol–water partition coefficient (Wildman–Crippen LogP) is 7.24. The molecule has 0 saturated carbocycles. The van der Waals surface area contributed by atoms with Crippen molar-refractivity contribution in [1.29, 1.82) is 0 Å². The summed E-state index contributed by atoms with van der Waals surface area (Å²) in [5, 5.41) is 0. The molecule has 5 heteroatoms. The number of hydrogen-bond donors (Lipinski definition) is 0. The van der Waals surface area contributed by atoms with Crippen LogP contribution < -0.4 is 4.74 Å². The van der Waals surface area contributed by atoms with Crippen molar-refractivity contribution in [1.82, 2.24) is 0 Å². The fraction of sp³-hybridized carbons (Fsp3) is 0.136. The van der Waals surface area contributed by atoms with Gasteiger partial charge < -0.3 is 4.74 Å². The Kier molecular flexibility index (Phi) is 6.80. The van der Waals surface area contributed by atoms with Gasteiger partial charge in [0, 0.05) is 16.3 Å². The largest absolute Gasteiger partial charge is 0.487 e. The highest BCUT2D eigenvalue weighted by Crippen LogP contribution is 2.33. The molecule has 0 saturated heterocycles. The van der Waals surface area contributed by atoms with E-state index in [4.69, 9.17) is 4.74 Å². The zero-order valence-corrected chi connectivity index (χ0v) is 17.9. The van der Waals surface area contributed by atoms with E-state index in [9.17, 15) is 4.39 Å². The van der Waals surface area contributed by atoms with E-state index in [1.807, 2.05) is 24.3 Å². The number of benzene rings is 3. The quantitative estimate of drug-likeness (QED) is 0.333. The van der Waals surface area contributed by atoms with Gasteiger partial charge >= 0.3 is 0 Å². The van der Waals surface area contributed by atoms with Gasteiger partial charge in [-0.3, -0.25) is 4.99 Å². The Labute approximate surface area is 175 Å². The fourth-order valence-electron chi connectivity index (χ4n) is 2.53. The molecular formula is C22H18Br2FNO. The van der Waals surface area contributed by atoms with Crippen LogP contribution in [0.15, 0.2) is 74.6 Å². The van der Waals surface area contributed by atoms with Crippen molar-refractivity contribution >= 4 is 43.8 Å². The average molecular weight is 491 g/mol. The van der Waals surface area contributed by atoms with Crippen LogP contribution in [0.4, 0.5) is 10.1 Å². The third-order valence-electron chi connectivity index (χ3n) is 4.03. The molecule has 0 heterocycles. The molecule has 0 aliphatic carbocycles. The van der Waals surface area contributed by atoms with Gasteiger partial charge in [0.2, 0.25) is 0 Å². The molecule has 138 valence electrons. The van der Waals surface area contributed by atoms with Crippen molar-refractivity contribution in [3.05, 3.63) is 92.1 Å². The molecule has 3 aromatic rings. The Morgan fingerprint density at radius 1 is 0.963 bits per heavy atom. The van der Waals surface area contributed by atoms with Crippen LogP contribution in [0.1, 0.15) is 23.6 Å². The van der Waals surface area contributed by atoms with Crippen molar-refractivity contribution in [3.63, 3.8) is 0 Å². The molecule has 3 rings (SSSR count). The summed E-state index contributed by atoms with van der Waals surface area (Å²) in [4.78, 5) is 4.57. The van der Waals surface area contributed by atoms with E-state index >= 15 is 0 Å². The lowest BCUT2D eigenvalue weighted by molar-refractivity contribution is 0.303. The van der Waals surface area contributed by atoms with E-state index in [1.165, 1.54) is 17.7 Å². The molecule has 0 aliphatic heterocycles. The number of hydrogen-bond acceptors (Lipinski definition) is 2. The summed E-state index contributed by atoms with van der Waals surface area (Å²) in [5.74, 6) is 0.432. The minimum atomic E-state index is -0.259. The fourth-order valence-corrected chi connectivity index (χ4v) is 3.90. The van der Waals surface area contributed by atoms with Crippen molar-refractivity contribution in [2.45, 2.75) is 20.0 Å². The third kappa shape index (κ3) is 5.50. The molecule has 0 spiro atoms. The van der Waals surface area contributed by atoms with Crippen molar-refractivity contribution in [2.24, 2.45) is 4.99 Å². The highest BCUT2D eigenvalue weighted by atomic mass is 79.9.